The number of nitrogens with zero attached hydrogens (tertiary/aromatic N) is 2. The van der Waals surface area contributed by atoms with Crippen molar-refractivity contribution in [1.82, 2.24) is 9.97 Å². The molecule has 16 heavy (non-hydrogen) atoms. The maximum absolute atomic E-state index is 12.0. The summed E-state index contributed by atoms with van der Waals surface area (Å²) in [5.74, 6) is 0.789. The van der Waals surface area contributed by atoms with Gasteiger partial charge in [-0.2, -0.15) is 0 Å². The summed E-state index contributed by atoms with van der Waals surface area (Å²) in [4.78, 5) is 20.0. The van der Waals surface area contributed by atoms with Gasteiger partial charge in [0.05, 0.1) is 0 Å². The molecule has 1 aromatic rings. The van der Waals surface area contributed by atoms with Crippen molar-refractivity contribution in [3.63, 3.8) is 0 Å². The molecule has 0 bridgehead atoms. The van der Waals surface area contributed by atoms with Crippen molar-refractivity contribution in [3.05, 3.63) is 18.1 Å². The average Bonchev–Trinajstić information content (AvgIpc) is 2.16. The van der Waals surface area contributed by atoms with Crippen LogP contribution in [0.15, 0.2) is 12.4 Å². The summed E-state index contributed by atoms with van der Waals surface area (Å²) < 4.78 is 0. The lowest BCUT2D eigenvalue weighted by Crippen LogP contribution is -2.43. The lowest BCUT2D eigenvalue weighted by molar-refractivity contribution is -0.128. The quantitative estimate of drug-likeness (QED) is 0.829. The van der Waals surface area contributed by atoms with Crippen LogP contribution in [-0.2, 0) is 4.79 Å². The number of aromatic nitrogens is 2. The molecule has 0 spiro atoms. The van der Waals surface area contributed by atoms with Crippen molar-refractivity contribution in [3.8, 4) is 0 Å². The largest absolute Gasteiger partial charge is 0.310 e. The number of anilines is 1. The first-order chi connectivity index (χ1) is 7.49. The third kappa shape index (κ3) is 2.05. The summed E-state index contributed by atoms with van der Waals surface area (Å²) in [5.41, 5.74) is 0.991. The van der Waals surface area contributed by atoms with Crippen LogP contribution in [-0.4, -0.2) is 15.9 Å². The van der Waals surface area contributed by atoms with Crippen LogP contribution in [0, 0.1) is 18.3 Å². The Bertz CT molecular complexity index is 414. The Kier molecular flexibility index (Phi) is 2.66. The minimum absolute atomic E-state index is 0.0781. The molecule has 1 heterocycles. The number of amides is 1. The molecular weight excluding hydrogens is 202 g/mol. The van der Waals surface area contributed by atoms with Crippen LogP contribution in [0.1, 0.15) is 32.4 Å². The number of rotatable bonds is 2. The molecule has 2 rings (SSSR count). The SMILES string of the molecule is Cc1cc(NC(=O)C2CCC2(C)C)ncn1. The van der Waals surface area contributed by atoms with Crippen LogP contribution in [0.2, 0.25) is 0 Å². The summed E-state index contributed by atoms with van der Waals surface area (Å²) in [7, 11) is 0. The molecule has 1 amide bonds. The Labute approximate surface area is 95.5 Å². The van der Waals surface area contributed by atoms with E-state index < -0.39 is 0 Å². The fourth-order valence-corrected chi connectivity index (χ4v) is 2.09. The zero-order valence-electron chi connectivity index (χ0n) is 9.95. The number of aryl methyl sites for hydroxylation is 1. The highest BCUT2D eigenvalue weighted by Gasteiger charge is 2.43. The van der Waals surface area contributed by atoms with Crippen molar-refractivity contribution < 1.29 is 4.79 Å². The Morgan fingerprint density at radius 2 is 2.25 bits per heavy atom. The second-order valence-electron chi connectivity index (χ2n) is 5.11. The molecule has 1 unspecified atom stereocenters. The highest BCUT2D eigenvalue weighted by atomic mass is 16.2. The maximum Gasteiger partial charge on any atom is 0.229 e. The topological polar surface area (TPSA) is 54.9 Å². The van der Waals surface area contributed by atoms with Gasteiger partial charge < -0.3 is 5.32 Å². The number of hydrogen-bond donors (Lipinski definition) is 1. The van der Waals surface area contributed by atoms with Crippen LogP contribution in [0.3, 0.4) is 0 Å². The molecule has 0 aromatic carbocycles. The van der Waals surface area contributed by atoms with Gasteiger partial charge in [0, 0.05) is 17.7 Å². The molecule has 4 heteroatoms. The number of hydrogen-bond acceptors (Lipinski definition) is 3. The fraction of sp³-hybridized carbons (Fsp3) is 0.583. The summed E-state index contributed by atoms with van der Waals surface area (Å²) in [6, 6.07) is 1.78. The second kappa shape index (κ2) is 3.85. The predicted molar refractivity (Wildman–Crippen MR) is 61.9 cm³/mol. The van der Waals surface area contributed by atoms with Gasteiger partial charge in [-0.15, -0.1) is 0 Å². The molecule has 1 aliphatic rings. The lowest BCUT2D eigenvalue weighted by Gasteiger charge is -2.43. The molecule has 0 aliphatic heterocycles. The first-order valence-corrected chi connectivity index (χ1v) is 5.58. The van der Waals surface area contributed by atoms with E-state index in [0.717, 1.165) is 18.5 Å². The van der Waals surface area contributed by atoms with Crippen molar-refractivity contribution >= 4 is 11.7 Å². The molecule has 1 fully saturated rings. The Morgan fingerprint density at radius 1 is 1.50 bits per heavy atom. The Balaban J connectivity index is 2.03. The zero-order chi connectivity index (χ0) is 11.8. The van der Waals surface area contributed by atoms with Crippen molar-refractivity contribution in [2.24, 2.45) is 11.3 Å². The van der Waals surface area contributed by atoms with E-state index in [2.05, 4.69) is 29.1 Å². The summed E-state index contributed by atoms with van der Waals surface area (Å²) in [5, 5.41) is 2.85. The summed E-state index contributed by atoms with van der Waals surface area (Å²) in [6.45, 7) is 6.14. The van der Waals surface area contributed by atoms with Crippen molar-refractivity contribution in [2.75, 3.05) is 5.32 Å². The van der Waals surface area contributed by atoms with Gasteiger partial charge in [-0.3, -0.25) is 4.79 Å². The van der Waals surface area contributed by atoms with Crippen LogP contribution >= 0.6 is 0 Å². The second-order valence-corrected chi connectivity index (χ2v) is 5.11. The van der Waals surface area contributed by atoms with Crippen LogP contribution in [0.25, 0.3) is 0 Å². The van der Waals surface area contributed by atoms with Crippen LogP contribution < -0.4 is 5.32 Å². The summed E-state index contributed by atoms with van der Waals surface area (Å²) in [6.07, 6.45) is 3.56. The monoisotopic (exact) mass is 219 g/mol. The normalized spacial score (nSPS) is 22.3. The number of nitrogens with one attached hydrogen (secondary N) is 1. The molecule has 0 saturated heterocycles. The molecule has 1 atom stereocenters. The molecule has 1 saturated carbocycles. The molecular formula is C12H17N3O. The lowest BCUT2D eigenvalue weighted by atomic mass is 9.62. The fourth-order valence-electron chi connectivity index (χ4n) is 2.09. The van der Waals surface area contributed by atoms with Crippen molar-refractivity contribution in [1.29, 1.82) is 0 Å². The smallest absolute Gasteiger partial charge is 0.229 e. The van der Waals surface area contributed by atoms with Gasteiger partial charge in [0.2, 0.25) is 5.91 Å². The van der Waals surface area contributed by atoms with Gasteiger partial charge >= 0.3 is 0 Å². The third-order valence-electron chi connectivity index (χ3n) is 3.39. The maximum atomic E-state index is 12.0. The van der Waals surface area contributed by atoms with Gasteiger partial charge in [0.15, 0.2) is 0 Å². The molecule has 0 radical (unpaired) electrons. The molecule has 1 N–H and O–H groups in total. The molecule has 4 nitrogen and oxygen atoms in total. The Hall–Kier alpha value is -1.45. The first-order valence-electron chi connectivity index (χ1n) is 5.58. The van der Waals surface area contributed by atoms with E-state index in [1.807, 2.05) is 6.92 Å². The van der Waals surface area contributed by atoms with Crippen LogP contribution in [0.4, 0.5) is 5.82 Å². The van der Waals surface area contributed by atoms with Crippen molar-refractivity contribution in [2.45, 2.75) is 33.6 Å². The van der Waals surface area contributed by atoms with Crippen LogP contribution in [0.5, 0.6) is 0 Å². The zero-order valence-corrected chi connectivity index (χ0v) is 9.95. The van der Waals surface area contributed by atoms with E-state index in [0.29, 0.717) is 5.82 Å². The average molecular weight is 219 g/mol. The third-order valence-corrected chi connectivity index (χ3v) is 3.39. The minimum Gasteiger partial charge on any atom is -0.310 e. The number of carbonyl (C=O) groups excluding carboxylic acids is 1. The summed E-state index contributed by atoms with van der Waals surface area (Å²) >= 11 is 0. The first kappa shape index (κ1) is 11.0. The highest BCUT2D eigenvalue weighted by molar-refractivity contribution is 5.92. The minimum atomic E-state index is 0.0781. The van der Waals surface area contributed by atoms with E-state index in [9.17, 15) is 4.79 Å². The standard InChI is InChI=1S/C12H17N3O/c1-8-6-10(14-7-13-8)15-11(16)9-4-5-12(9,2)3/h6-7,9H,4-5H2,1-3H3,(H,13,14,15,16). The molecule has 1 aliphatic carbocycles. The van der Waals surface area contributed by atoms with Gasteiger partial charge in [-0.05, 0) is 25.2 Å². The predicted octanol–water partition coefficient (Wildman–Crippen LogP) is 2.16. The van der Waals surface area contributed by atoms with Gasteiger partial charge in [0.25, 0.3) is 0 Å². The number of carbonyl (C=O) groups is 1. The van der Waals surface area contributed by atoms with Gasteiger partial charge in [-0.25, -0.2) is 9.97 Å². The van der Waals surface area contributed by atoms with E-state index in [4.69, 9.17) is 0 Å². The van der Waals surface area contributed by atoms with Gasteiger partial charge in [0.1, 0.15) is 12.1 Å². The van der Waals surface area contributed by atoms with Gasteiger partial charge in [-0.1, -0.05) is 13.8 Å². The van der Waals surface area contributed by atoms with E-state index >= 15 is 0 Å². The highest BCUT2D eigenvalue weighted by Crippen LogP contribution is 2.46. The van der Waals surface area contributed by atoms with E-state index in [-0.39, 0.29) is 17.2 Å². The molecule has 1 aromatic heterocycles. The van der Waals surface area contributed by atoms with E-state index in [1.165, 1.54) is 6.33 Å². The molecule has 86 valence electrons. The van der Waals surface area contributed by atoms with E-state index in [1.54, 1.807) is 6.07 Å². The Morgan fingerprint density at radius 3 is 2.75 bits per heavy atom.